The van der Waals surface area contributed by atoms with E-state index in [1.807, 2.05) is 22.9 Å². The smallest absolute Gasteiger partial charge is 0.137 e. The number of aryl methyl sites for hydroxylation is 2. The maximum atomic E-state index is 10.3. The van der Waals surface area contributed by atoms with E-state index in [0.717, 1.165) is 18.8 Å². The van der Waals surface area contributed by atoms with Gasteiger partial charge >= 0.3 is 0 Å². The summed E-state index contributed by atoms with van der Waals surface area (Å²) >= 11 is 0. The molecular formula is C15H20N2O. The van der Waals surface area contributed by atoms with Crippen LogP contribution in [-0.4, -0.2) is 14.7 Å². The highest BCUT2D eigenvalue weighted by molar-refractivity contribution is 5.26. The van der Waals surface area contributed by atoms with Gasteiger partial charge in [-0.2, -0.15) is 0 Å². The lowest BCUT2D eigenvalue weighted by molar-refractivity contribution is 0.163. The van der Waals surface area contributed by atoms with E-state index in [-0.39, 0.29) is 0 Å². The first-order chi connectivity index (χ1) is 8.72. The first kappa shape index (κ1) is 12.8. The number of aromatic nitrogens is 2. The molecule has 0 aliphatic heterocycles. The van der Waals surface area contributed by atoms with E-state index in [0.29, 0.717) is 6.42 Å². The van der Waals surface area contributed by atoms with E-state index < -0.39 is 6.10 Å². The van der Waals surface area contributed by atoms with Gasteiger partial charge in [0.15, 0.2) is 0 Å². The van der Waals surface area contributed by atoms with E-state index in [4.69, 9.17) is 0 Å². The Morgan fingerprint density at radius 2 is 2.11 bits per heavy atom. The predicted octanol–water partition coefficient (Wildman–Crippen LogP) is 2.88. The van der Waals surface area contributed by atoms with Crippen LogP contribution in [0.4, 0.5) is 0 Å². The quantitative estimate of drug-likeness (QED) is 0.878. The van der Waals surface area contributed by atoms with Crippen molar-refractivity contribution in [1.82, 2.24) is 9.55 Å². The highest BCUT2D eigenvalue weighted by atomic mass is 16.3. The van der Waals surface area contributed by atoms with Gasteiger partial charge in [-0.1, -0.05) is 31.2 Å². The monoisotopic (exact) mass is 244 g/mol. The maximum Gasteiger partial charge on any atom is 0.137 e. The van der Waals surface area contributed by atoms with Crippen molar-refractivity contribution >= 4 is 0 Å². The van der Waals surface area contributed by atoms with Gasteiger partial charge in [-0.15, -0.1) is 0 Å². The second-order valence-corrected chi connectivity index (χ2v) is 4.63. The lowest BCUT2D eigenvalue weighted by Crippen LogP contribution is -2.11. The molecular weight excluding hydrogens is 224 g/mol. The number of aliphatic hydroxyl groups excluding tert-OH is 1. The van der Waals surface area contributed by atoms with Crippen LogP contribution in [0.2, 0.25) is 0 Å². The van der Waals surface area contributed by atoms with Crippen LogP contribution in [-0.2, 0) is 13.0 Å². The summed E-state index contributed by atoms with van der Waals surface area (Å²) in [6, 6.07) is 8.16. The number of hydrogen-bond donors (Lipinski definition) is 1. The van der Waals surface area contributed by atoms with Gasteiger partial charge in [-0.3, -0.25) is 0 Å². The molecule has 3 nitrogen and oxygen atoms in total. The summed E-state index contributed by atoms with van der Waals surface area (Å²) in [7, 11) is 0. The Bertz CT molecular complexity index is 505. The van der Waals surface area contributed by atoms with Crippen molar-refractivity contribution < 1.29 is 5.11 Å². The molecule has 1 heterocycles. The van der Waals surface area contributed by atoms with Crippen molar-refractivity contribution in [2.24, 2.45) is 0 Å². The minimum atomic E-state index is -0.535. The third-order valence-corrected chi connectivity index (χ3v) is 3.18. The fourth-order valence-corrected chi connectivity index (χ4v) is 2.19. The van der Waals surface area contributed by atoms with Crippen molar-refractivity contribution in [3.8, 4) is 0 Å². The van der Waals surface area contributed by atoms with Gasteiger partial charge < -0.3 is 9.67 Å². The molecule has 2 rings (SSSR count). The molecule has 1 unspecified atom stereocenters. The normalized spacial score (nSPS) is 12.6. The fourth-order valence-electron chi connectivity index (χ4n) is 2.19. The summed E-state index contributed by atoms with van der Waals surface area (Å²) in [4.78, 5) is 4.27. The second kappa shape index (κ2) is 5.83. The average molecular weight is 244 g/mol. The predicted molar refractivity (Wildman–Crippen MR) is 72.4 cm³/mol. The average Bonchev–Trinajstić information content (AvgIpc) is 2.81. The molecule has 0 amide bonds. The van der Waals surface area contributed by atoms with Gasteiger partial charge in [0.2, 0.25) is 0 Å². The Labute approximate surface area is 108 Å². The Morgan fingerprint density at radius 3 is 2.83 bits per heavy atom. The molecule has 1 aromatic carbocycles. The van der Waals surface area contributed by atoms with Crippen LogP contribution in [0.3, 0.4) is 0 Å². The number of hydrogen-bond acceptors (Lipinski definition) is 2. The van der Waals surface area contributed by atoms with Crippen LogP contribution in [0.5, 0.6) is 0 Å². The second-order valence-electron chi connectivity index (χ2n) is 4.63. The van der Waals surface area contributed by atoms with E-state index >= 15 is 0 Å². The fraction of sp³-hybridized carbons (Fsp3) is 0.400. The highest BCUT2D eigenvalue weighted by Gasteiger charge is 2.14. The molecule has 0 saturated carbocycles. The minimum absolute atomic E-state index is 0.535. The highest BCUT2D eigenvalue weighted by Crippen LogP contribution is 2.19. The van der Waals surface area contributed by atoms with Crippen LogP contribution in [0, 0.1) is 6.92 Å². The van der Waals surface area contributed by atoms with Gasteiger partial charge in [0.05, 0.1) is 0 Å². The van der Waals surface area contributed by atoms with Crippen LogP contribution < -0.4 is 0 Å². The number of aliphatic hydroxyl groups is 1. The third-order valence-electron chi connectivity index (χ3n) is 3.18. The van der Waals surface area contributed by atoms with Crippen LogP contribution in [0.15, 0.2) is 36.7 Å². The molecule has 0 saturated heterocycles. The first-order valence-corrected chi connectivity index (χ1v) is 6.46. The summed E-state index contributed by atoms with van der Waals surface area (Å²) < 4.78 is 2.03. The van der Waals surface area contributed by atoms with Crippen LogP contribution in [0.25, 0.3) is 0 Å². The Kier molecular flexibility index (Phi) is 4.15. The molecule has 0 aliphatic rings. The SMILES string of the molecule is CCCn1ccnc1C(O)Cc1ccccc1C. The number of benzene rings is 1. The van der Waals surface area contributed by atoms with Crippen molar-refractivity contribution in [2.75, 3.05) is 0 Å². The number of nitrogens with zero attached hydrogens (tertiary/aromatic N) is 2. The summed E-state index contributed by atoms with van der Waals surface area (Å²) in [6.07, 6.45) is 4.81. The lowest BCUT2D eigenvalue weighted by atomic mass is 10.0. The maximum absolute atomic E-state index is 10.3. The standard InChI is InChI=1S/C15H20N2O/c1-3-9-17-10-8-16-15(17)14(18)11-13-7-5-4-6-12(13)2/h4-8,10,14,18H,3,9,11H2,1-2H3. The molecule has 18 heavy (non-hydrogen) atoms. The Hall–Kier alpha value is -1.61. The van der Waals surface area contributed by atoms with Gasteiger partial charge in [0, 0.05) is 25.4 Å². The lowest BCUT2D eigenvalue weighted by Gasteiger charge is -2.14. The minimum Gasteiger partial charge on any atom is -0.385 e. The first-order valence-electron chi connectivity index (χ1n) is 6.46. The molecule has 1 atom stereocenters. The van der Waals surface area contributed by atoms with Crippen molar-refractivity contribution in [3.05, 3.63) is 53.6 Å². The molecule has 96 valence electrons. The summed E-state index contributed by atoms with van der Waals surface area (Å²) in [5.41, 5.74) is 2.39. The van der Waals surface area contributed by atoms with Gasteiger partial charge in [-0.25, -0.2) is 4.98 Å². The largest absolute Gasteiger partial charge is 0.385 e. The van der Waals surface area contributed by atoms with Crippen LogP contribution in [0.1, 0.15) is 36.4 Å². The zero-order chi connectivity index (χ0) is 13.0. The van der Waals surface area contributed by atoms with E-state index in [1.54, 1.807) is 6.20 Å². The number of imidazole rings is 1. The van der Waals surface area contributed by atoms with Crippen molar-refractivity contribution in [3.63, 3.8) is 0 Å². The topological polar surface area (TPSA) is 38.0 Å². The molecule has 0 spiro atoms. The van der Waals surface area contributed by atoms with E-state index in [1.165, 1.54) is 11.1 Å². The summed E-state index contributed by atoms with van der Waals surface area (Å²) in [5.74, 6) is 0.764. The Balaban J connectivity index is 2.14. The van der Waals surface area contributed by atoms with Crippen molar-refractivity contribution in [2.45, 2.75) is 39.3 Å². The third kappa shape index (κ3) is 2.79. The van der Waals surface area contributed by atoms with Gasteiger partial charge in [0.1, 0.15) is 11.9 Å². The zero-order valence-electron chi connectivity index (χ0n) is 11.0. The van der Waals surface area contributed by atoms with E-state index in [9.17, 15) is 5.11 Å². The molecule has 0 bridgehead atoms. The molecule has 3 heteroatoms. The Morgan fingerprint density at radius 1 is 1.33 bits per heavy atom. The zero-order valence-corrected chi connectivity index (χ0v) is 11.0. The number of rotatable bonds is 5. The molecule has 0 radical (unpaired) electrons. The molecule has 0 fully saturated rings. The summed E-state index contributed by atoms with van der Waals surface area (Å²) in [6.45, 7) is 5.10. The van der Waals surface area contributed by atoms with Gasteiger partial charge in [0.25, 0.3) is 0 Å². The van der Waals surface area contributed by atoms with Crippen molar-refractivity contribution in [1.29, 1.82) is 0 Å². The molecule has 2 aromatic rings. The molecule has 1 N–H and O–H groups in total. The van der Waals surface area contributed by atoms with Crippen LogP contribution >= 0.6 is 0 Å². The molecule has 1 aromatic heterocycles. The van der Waals surface area contributed by atoms with Gasteiger partial charge in [-0.05, 0) is 24.5 Å². The molecule has 0 aliphatic carbocycles. The summed E-state index contributed by atoms with van der Waals surface area (Å²) in [5, 5.41) is 10.3. The van der Waals surface area contributed by atoms with E-state index in [2.05, 4.69) is 31.0 Å².